The molecule has 2 aliphatic heterocycles. The molecule has 2 saturated heterocycles. The van der Waals surface area contributed by atoms with E-state index in [0.29, 0.717) is 18.1 Å². The van der Waals surface area contributed by atoms with Crippen molar-refractivity contribution in [3.63, 3.8) is 0 Å². The summed E-state index contributed by atoms with van der Waals surface area (Å²) in [6.45, 7) is 4.31. The van der Waals surface area contributed by atoms with E-state index in [1.54, 1.807) is 7.11 Å². The summed E-state index contributed by atoms with van der Waals surface area (Å²) in [7, 11) is 1.69. The van der Waals surface area contributed by atoms with Crippen molar-refractivity contribution in [3.05, 3.63) is 59.1 Å². The highest BCUT2D eigenvalue weighted by Gasteiger charge is 2.46. The van der Waals surface area contributed by atoms with E-state index < -0.39 is 12.2 Å². The lowest BCUT2D eigenvalue weighted by atomic mass is 10.0. The fourth-order valence-electron chi connectivity index (χ4n) is 4.75. The SMILES string of the molecule is COc1ccccc1N1CCN(C2C(CNCc3cccc(Cl)c3)OC(CO)C2O)CC1. The molecule has 32 heavy (non-hydrogen) atoms. The lowest BCUT2D eigenvalue weighted by molar-refractivity contribution is -0.0213. The number of piperazine rings is 1. The van der Waals surface area contributed by atoms with Crippen LogP contribution in [0.3, 0.4) is 0 Å². The predicted molar refractivity (Wildman–Crippen MR) is 125 cm³/mol. The number of methoxy groups -OCH3 is 1. The minimum Gasteiger partial charge on any atom is -0.495 e. The van der Waals surface area contributed by atoms with Gasteiger partial charge in [-0.25, -0.2) is 0 Å². The van der Waals surface area contributed by atoms with Crippen molar-refractivity contribution >= 4 is 17.3 Å². The van der Waals surface area contributed by atoms with Gasteiger partial charge in [-0.2, -0.15) is 0 Å². The number of ether oxygens (including phenoxy) is 2. The van der Waals surface area contributed by atoms with Crippen molar-refractivity contribution in [3.8, 4) is 5.75 Å². The third-order valence-electron chi connectivity index (χ3n) is 6.37. The van der Waals surface area contributed by atoms with Gasteiger partial charge < -0.3 is 29.9 Å². The smallest absolute Gasteiger partial charge is 0.142 e. The number of hydrogen-bond donors (Lipinski definition) is 3. The van der Waals surface area contributed by atoms with Crippen LogP contribution in [-0.4, -0.2) is 85.9 Å². The zero-order chi connectivity index (χ0) is 22.5. The lowest BCUT2D eigenvalue weighted by Gasteiger charge is -2.41. The van der Waals surface area contributed by atoms with E-state index in [1.807, 2.05) is 42.5 Å². The maximum Gasteiger partial charge on any atom is 0.142 e. The fourth-order valence-corrected chi connectivity index (χ4v) is 4.97. The molecule has 2 aromatic carbocycles. The van der Waals surface area contributed by atoms with Crippen LogP contribution in [0.25, 0.3) is 0 Å². The van der Waals surface area contributed by atoms with E-state index in [9.17, 15) is 10.2 Å². The molecule has 0 bridgehead atoms. The van der Waals surface area contributed by atoms with Crippen LogP contribution in [0.2, 0.25) is 5.02 Å². The van der Waals surface area contributed by atoms with Gasteiger partial charge in [0.1, 0.15) is 18.0 Å². The Morgan fingerprint density at radius 2 is 1.88 bits per heavy atom. The van der Waals surface area contributed by atoms with Crippen LogP contribution in [0.1, 0.15) is 5.56 Å². The molecule has 7 nitrogen and oxygen atoms in total. The van der Waals surface area contributed by atoms with Crippen LogP contribution >= 0.6 is 11.6 Å². The summed E-state index contributed by atoms with van der Waals surface area (Å²) in [6.07, 6.45) is -1.50. The minimum absolute atomic E-state index is 0.168. The van der Waals surface area contributed by atoms with Crippen molar-refractivity contribution in [2.45, 2.75) is 30.9 Å². The minimum atomic E-state index is -0.726. The second-order valence-corrected chi connectivity index (χ2v) is 8.77. The van der Waals surface area contributed by atoms with Gasteiger partial charge in [0.25, 0.3) is 0 Å². The van der Waals surface area contributed by atoms with E-state index in [1.165, 1.54) is 0 Å². The molecule has 2 fully saturated rings. The van der Waals surface area contributed by atoms with Crippen molar-refractivity contribution in [1.29, 1.82) is 0 Å². The Bertz CT molecular complexity index is 878. The largest absolute Gasteiger partial charge is 0.495 e. The molecule has 0 amide bonds. The molecule has 2 heterocycles. The van der Waals surface area contributed by atoms with Gasteiger partial charge >= 0.3 is 0 Å². The predicted octanol–water partition coefficient (Wildman–Crippen LogP) is 1.75. The number of benzene rings is 2. The second-order valence-electron chi connectivity index (χ2n) is 8.33. The average molecular weight is 462 g/mol. The van der Waals surface area contributed by atoms with Gasteiger partial charge in [0.05, 0.1) is 31.5 Å². The summed E-state index contributed by atoms with van der Waals surface area (Å²) in [5.41, 5.74) is 2.18. The third-order valence-corrected chi connectivity index (χ3v) is 6.60. The molecule has 4 atom stereocenters. The molecule has 4 rings (SSSR count). The number of nitrogens with one attached hydrogen (secondary N) is 1. The van der Waals surface area contributed by atoms with Crippen molar-refractivity contribution in [2.24, 2.45) is 0 Å². The van der Waals surface area contributed by atoms with Crippen molar-refractivity contribution in [2.75, 3.05) is 51.3 Å². The first-order valence-corrected chi connectivity index (χ1v) is 11.5. The Hall–Kier alpha value is -1.87. The second kappa shape index (κ2) is 10.8. The van der Waals surface area contributed by atoms with Crippen LogP contribution in [0.15, 0.2) is 48.5 Å². The van der Waals surface area contributed by atoms with Crippen molar-refractivity contribution < 1.29 is 19.7 Å². The van der Waals surface area contributed by atoms with Crippen LogP contribution < -0.4 is 15.0 Å². The first-order chi connectivity index (χ1) is 15.6. The normalized spacial score (nSPS) is 26.4. The summed E-state index contributed by atoms with van der Waals surface area (Å²) < 4.78 is 11.6. The lowest BCUT2D eigenvalue weighted by Crippen LogP contribution is -2.57. The highest BCUT2D eigenvalue weighted by Crippen LogP contribution is 2.31. The molecule has 0 aliphatic carbocycles. The maximum absolute atomic E-state index is 10.9. The molecule has 8 heteroatoms. The molecular formula is C24H32ClN3O4. The van der Waals surface area contributed by atoms with Crippen LogP contribution in [0.4, 0.5) is 5.69 Å². The van der Waals surface area contributed by atoms with E-state index >= 15 is 0 Å². The van der Waals surface area contributed by atoms with Gasteiger partial charge in [-0.3, -0.25) is 4.90 Å². The Balaban J connectivity index is 1.37. The first-order valence-electron chi connectivity index (χ1n) is 11.1. The molecule has 0 spiro atoms. The van der Waals surface area contributed by atoms with E-state index in [-0.39, 0.29) is 18.8 Å². The quantitative estimate of drug-likeness (QED) is 0.552. The number of hydrogen-bond acceptors (Lipinski definition) is 7. The molecule has 2 aliphatic rings. The number of rotatable bonds is 8. The Morgan fingerprint density at radius 3 is 2.59 bits per heavy atom. The van der Waals surface area contributed by atoms with Gasteiger partial charge in [-0.05, 0) is 29.8 Å². The summed E-state index contributed by atoms with van der Waals surface area (Å²) in [5, 5.41) is 24.7. The summed E-state index contributed by atoms with van der Waals surface area (Å²) >= 11 is 6.08. The van der Waals surface area contributed by atoms with Gasteiger partial charge in [-0.1, -0.05) is 35.9 Å². The van der Waals surface area contributed by atoms with Crippen LogP contribution in [-0.2, 0) is 11.3 Å². The first kappa shape index (κ1) is 23.3. The molecule has 3 N–H and O–H groups in total. The maximum atomic E-state index is 10.9. The van der Waals surface area contributed by atoms with Gasteiger partial charge in [0.15, 0.2) is 0 Å². The molecule has 0 aromatic heterocycles. The molecule has 174 valence electrons. The number of aliphatic hydroxyl groups is 2. The zero-order valence-electron chi connectivity index (χ0n) is 18.4. The van der Waals surface area contributed by atoms with Crippen LogP contribution in [0, 0.1) is 0 Å². The number of aliphatic hydroxyl groups excluding tert-OH is 2. The van der Waals surface area contributed by atoms with E-state index in [4.69, 9.17) is 21.1 Å². The fraction of sp³-hybridized carbons (Fsp3) is 0.500. The highest BCUT2D eigenvalue weighted by atomic mass is 35.5. The molecule has 2 aromatic rings. The number of para-hydroxylation sites is 2. The monoisotopic (exact) mass is 461 g/mol. The topological polar surface area (TPSA) is 77.4 Å². The zero-order valence-corrected chi connectivity index (χ0v) is 19.1. The number of anilines is 1. The average Bonchev–Trinajstić information content (AvgIpc) is 3.14. The molecular weight excluding hydrogens is 430 g/mol. The van der Waals surface area contributed by atoms with Crippen molar-refractivity contribution in [1.82, 2.24) is 10.2 Å². The van der Waals surface area contributed by atoms with E-state index in [2.05, 4.69) is 21.2 Å². The Morgan fingerprint density at radius 1 is 1.09 bits per heavy atom. The molecule has 0 radical (unpaired) electrons. The summed E-state index contributed by atoms with van der Waals surface area (Å²) in [6, 6.07) is 15.6. The number of nitrogens with zero attached hydrogens (tertiary/aromatic N) is 2. The van der Waals surface area contributed by atoms with Gasteiger partial charge in [-0.15, -0.1) is 0 Å². The number of halogens is 1. The highest BCUT2D eigenvalue weighted by molar-refractivity contribution is 6.30. The molecule has 0 saturated carbocycles. The standard InChI is InChI=1S/C24H32ClN3O4/c1-31-20-8-3-2-7-19(20)27-9-11-28(12-10-27)23-21(32-22(16-29)24(23)30)15-26-14-17-5-4-6-18(25)13-17/h2-8,13,21-24,26,29-30H,9-12,14-16H2,1H3. The van der Waals surface area contributed by atoms with E-state index in [0.717, 1.165) is 43.2 Å². The summed E-state index contributed by atoms with van der Waals surface area (Å²) in [4.78, 5) is 4.60. The third kappa shape index (κ3) is 5.20. The van der Waals surface area contributed by atoms with Crippen LogP contribution in [0.5, 0.6) is 5.75 Å². The van der Waals surface area contributed by atoms with Gasteiger partial charge in [0.2, 0.25) is 0 Å². The van der Waals surface area contributed by atoms with Gasteiger partial charge in [0, 0.05) is 44.3 Å². The Kier molecular flexibility index (Phi) is 7.88. The molecule has 4 unspecified atom stereocenters. The Labute approximate surface area is 194 Å². The summed E-state index contributed by atoms with van der Waals surface area (Å²) in [5.74, 6) is 0.869.